The van der Waals surface area contributed by atoms with Gasteiger partial charge in [-0.3, -0.25) is 0 Å². The zero-order valence-corrected chi connectivity index (χ0v) is 12.0. The summed E-state index contributed by atoms with van der Waals surface area (Å²) in [5.41, 5.74) is -0.696. The van der Waals surface area contributed by atoms with Crippen LogP contribution < -0.4 is 0 Å². The normalized spacial score (nSPS) is 24.2. The molecule has 1 aromatic carbocycles. The molecule has 2 fully saturated rings. The highest BCUT2D eigenvalue weighted by atomic mass is 19.1. The topological polar surface area (TPSA) is 20.2 Å². The van der Waals surface area contributed by atoms with Crippen molar-refractivity contribution in [2.24, 2.45) is 5.41 Å². The van der Waals surface area contributed by atoms with Crippen molar-refractivity contribution in [3.05, 3.63) is 34.9 Å². The van der Waals surface area contributed by atoms with Crippen LogP contribution in [0.2, 0.25) is 0 Å². The maximum atomic E-state index is 14.3. The van der Waals surface area contributed by atoms with Crippen LogP contribution in [0, 0.1) is 24.0 Å². The predicted octanol–water partition coefficient (Wildman–Crippen LogP) is 4.60. The molecule has 3 heteroatoms. The van der Waals surface area contributed by atoms with Crippen molar-refractivity contribution in [1.29, 1.82) is 0 Å². The number of rotatable bonds is 1. The minimum atomic E-state index is -1.33. The van der Waals surface area contributed by atoms with Gasteiger partial charge in [-0.15, -0.1) is 0 Å². The van der Waals surface area contributed by atoms with E-state index >= 15 is 0 Å². The van der Waals surface area contributed by atoms with Crippen LogP contribution in [0.4, 0.5) is 8.78 Å². The molecule has 2 aliphatic carbocycles. The highest BCUT2D eigenvalue weighted by molar-refractivity contribution is 5.32. The molecule has 0 aliphatic heterocycles. The number of halogens is 2. The average Bonchev–Trinajstić information content (AvgIpc) is 2.88. The number of benzene rings is 1. The summed E-state index contributed by atoms with van der Waals surface area (Å²) < 4.78 is 28.3. The molecule has 2 aliphatic rings. The Morgan fingerprint density at radius 2 is 1.55 bits per heavy atom. The van der Waals surface area contributed by atoms with E-state index in [1.807, 2.05) is 0 Å². The third-order valence-electron chi connectivity index (χ3n) is 5.55. The number of aliphatic hydroxyl groups is 1. The second-order valence-corrected chi connectivity index (χ2v) is 6.79. The van der Waals surface area contributed by atoms with Gasteiger partial charge in [0.05, 0.1) is 11.2 Å². The molecule has 2 saturated carbocycles. The summed E-state index contributed by atoms with van der Waals surface area (Å²) >= 11 is 0. The summed E-state index contributed by atoms with van der Waals surface area (Å²) in [7, 11) is 0. The van der Waals surface area contributed by atoms with Crippen LogP contribution in [0.15, 0.2) is 12.1 Å². The second-order valence-electron chi connectivity index (χ2n) is 6.79. The van der Waals surface area contributed by atoms with Gasteiger partial charge in [-0.1, -0.05) is 18.9 Å². The van der Waals surface area contributed by atoms with Gasteiger partial charge >= 0.3 is 0 Å². The Kier molecular flexibility index (Phi) is 3.36. The summed E-state index contributed by atoms with van der Waals surface area (Å²) in [6, 6.07) is 2.70. The van der Waals surface area contributed by atoms with Crippen LogP contribution >= 0.6 is 0 Å². The van der Waals surface area contributed by atoms with Crippen LogP contribution in [-0.4, -0.2) is 5.11 Å². The lowest BCUT2D eigenvalue weighted by atomic mass is 9.66. The second kappa shape index (κ2) is 4.80. The minimum Gasteiger partial charge on any atom is -0.385 e. The van der Waals surface area contributed by atoms with Crippen LogP contribution in [0.3, 0.4) is 0 Å². The molecule has 0 saturated heterocycles. The Hall–Kier alpha value is -0.960. The first-order valence-electron chi connectivity index (χ1n) is 7.63. The van der Waals surface area contributed by atoms with E-state index in [0.717, 1.165) is 12.8 Å². The van der Waals surface area contributed by atoms with Gasteiger partial charge in [-0.2, -0.15) is 0 Å². The molecule has 1 aromatic rings. The van der Waals surface area contributed by atoms with E-state index in [1.54, 1.807) is 6.92 Å². The fraction of sp³-hybridized carbons (Fsp3) is 0.647. The van der Waals surface area contributed by atoms with E-state index in [1.165, 1.54) is 37.8 Å². The lowest BCUT2D eigenvalue weighted by Gasteiger charge is -2.42. The van der Waals surface area contributed by atoms with E-state index in [2.05, 4.69) is 0 Å². The maximum absolute atomic E-state index is 14.3. The van der Waals surface area contributed by atoms with Crippen molar-refractivity contribution in [3.8, 4) is 0 Å². The molecule has 20 heavy (non-hydrogen) atoms. The van der Waals surface area contributed by atoms with E-state index in [0.29, 0.717) is 23.8 Å². The van der Waals surface area contributed by atoms with Crippen LogP contribution in [0.1, 0.15) is 62.5 Å². The fourth-order valence-corrected chi connectivity index (χ4v) is 4.15. The third-order valence-corrected chi connectivity index (χ3v) is 5.55. The van der Waals surface area contributed by atoms with Gasteiger partial charge in [0.1, 0.15) is 11.6 Å². The lowest BCUT2D eigenvalue weighted by Crippen LogP contribution is -2.37. The molecule has 0 unspecified atom stereocenters. The summed E-state index contributed by atoms with van der Waals surface area (Å²) in [5, 5.41) is 10.8. The molecule has 0 amide bonds. The van der Waals surface area contributed by atoms with E-state index in [9.17, 15) is 13.9 Å². The van der Waals surface area contributed by atoms with Gasteiger partial charge in [-0.05, 0) is 62.5 Å². The first kappa shape index (κ1) is 14.0. The fourth-order valence-electron chi connectivity index (χ4n) is 4.15. The summed E-state index contributed by atoms with van der Waals surface area (Å²) in [4.78, 5) is 0. The highest BCUT2D eigenvalue weighted by Crippen LogP contribution is 2.54. The molecule has 0 bridgehead atoms. The summed E-state index contributed by atoms with van der Waals surface area (Å²) in [5.74, 6) is -1.19. The number of hydrogen-bond donors (Lipinski definition) is 1. The van der Waals surface area contributed by atoms with Crippen LogP contribution in [0.5, 0.6) is 0 Å². The molecule has 1 N–H and O–H groups in total. The SMILES string of the molecule is Cc1ccc(F)c(C2(O)CCC3(CCCC3)CC2)c1F. The van der Waals surface area contributed by atoms with Crippen molar-refractivity contribution in [3.63, 3.8) is 0 Å². The molecule has 0 radical (unpaired) electrons. The van der Waals surface area contributed by atoms with E-state index in [4.69, 9.17) is 0 Å². The highest BCUT2D eigenvalue weighted by Gasteiger charge is 2.45. The Bertz CT molecular complexity index is 508. The molecular formula is C17H22F2O. The van der Waals surface area contributed by atoms with Gasteiger partial charge in [0.15, 0.2) is 0 Å². The zero-order valence-electron chi connectivity index (χ0n) is 12.0. The Morgan fingerprint density at radius 1 is 0.950 bits per heavy atom. The summed E-state index contributed by atoms with van der Waals surface area (Å²) in [6.45, 7) is 1.61. The molecule has 0 aromatic heterocycles. The molecule has 1 nitrogen and oxygen atoms in total. The quantitative estimate of drug-likeness (QED) is 0.797. The number of hydrogen-bond acceptors (Lipinski definition) is 1. The minimum absolute atomic E-state index is 0.106. The third kappa shape index (κ3) is 2.16. The van der Waals surface area contributed by atoms with Crippen molar-refractivity contribution in [2.45, 2.75) is 63.9 Å². The Balaban J connectivity index is 1.89. The maximum Gasteiger partial charge on any atom is 0.135 e. The standard InChI is InChI=1S/C17H22F2O/c1-12-4-5-13(18)14(15(12)19)17(20)10-8-16(9-11-17)6-2-3-7-16/h4-5,20H,2-3,6-11H2,1H3. The van der Waals surface area contributed by atoms with Crippen molar-refractivity contribution in [2.75, 3.05) is 0 Å². The van der Waals surface area contributed by atoms with Crippen molar-refractivity contribution in [1.82, 2.24) is 0 Å². The monoisotopic (exact) mass is 280 g/mol. The number of aryl methyl sites for hydroxylation is 1. The predicted molar refractivity (Wildman–Crippen MR) is 74.4 cm³/mol. The largest absolute Gasteiger partial charge is 0.385 e. The molecular weight excluding hydrogens is 258 g/mol. The van der Waals surface area contributed by atoms with Crippen LogP contribution in [-0.2, 0) is 5.60 Å². The summed E-state index contributed by atoms with van der Waals surface area (Å²) in [6.07, 6.45) is 7.65. The molecule has 3 rings (SSSR count). The van der Waals surface area contributed by atoms with Crippen molar-refractivity contribution < 1.29 is 13.9 Å². The first-order valence-corrected chi connectivity index (χ1v) is 7.63. The molecule has 1 spiro atoms. The van der Waals surface area contributed by atoms with Gasteiger partial charge in [-0.25, -0.2) is 8.78 Å². The van der Waals surface area contributed by atoms with Crippen molar-refractivity contribution >= 4 is 0 Å². The smallest absolute Gasteiger partial charge is 0.135 e. The Morgan fingerprint density at radius 3 is 2.15 bits per heavy atom. The van der Waals surface area contributed by atoms with E-state index in [-0.39, 0.29) is 5.56 Å². The first-order chi connectivity index (χ1) is 9.46. The van der Waals surface area contributed by atoms with Gasteiger partial charge in [0.25, 0.3) is 0 Å². The molecule has 0 heterocycles. The lowest BCUT2D eigenvalue weighted by molar-refractivity contribution is -0.0426. The van der Waals surface area contributed by atoms with Crippen LogP contribution in [0.25, 0.3) is 0 Å². The van der Waals surface area contributed by atoms with Gasteiger partial charge in [0.2, 0.25) is 0 Å². The molecule has 110 valence electrons. The molecule has 0 atom stereocenters. The zero-order chi connectivity index (χ0) is 14.4. The van der Waals surface area contributed by atoms with Gasteiger partial charge in [0, 0.05) is 0 Å². The Labute approximate surface area is 119 Å². The van der Waals surface area contributed by atoms with Gasteiger partial charge < -0.3 is 5.11 Å². The average molecular weight is 280 g/mol. The van der Waals surface area contributed by atoms with E-state index < -0.39 is 17.2 Å².